The number of hydrazone groups is 1. The Morgan fingerprint density at radius 1 is 1.06 bits per heavy atom. The van der Waals surface area contributed by atoms with E-state index in [1.165, 1.54) is 0 Å². The van der Waals surface area contributed by atoms with Crippen LogP contribution >= 0.6 is 0 Å². The molecule has 0 saturated carbocycles. The number of fused-ring (bicyclic) bond motifs is 1. The Bertz CT molecular complexity index is 943. The second-order valence-electron chi connectivity index (χ2n) is 8.45. The summed E-state index contributed by atoms with van der Waals surface area (Å²) in [6.07, 6.45) is 2.82. The Hall–Kier alpha value is -2.91. The van der Waals surface area contributed by atoms with Gasteiger partial charge in [0.2, 0.25) is 0 Å². The average Bonchev–Trinajstić information content (AvgIpc) is 2.93. The van der Waals surface area contributed by atoms with Crippen LogP contribution in [0.4, 0.5) is 11.6 Å². The molecule has 36 heavy (non-hydrogen) atoms. The standard InChI is InChI=1S/C25H36N6O3.C2H6/c1-3-10-31(11-4-2)24-19-23(26-25(27-24)34-18-14-30-12-16-32-17-13-30)29-28-21-9-15-33-22-8-6-5-7-20(21)22;1-2/h5-8,19H,3-4,9-18H2,1-2H3,(H,26,27,29);1-2H3/b28-21+;. The minimum absolute atomic E-state index is 0.373. The molecule has 2 aliphatic rings. The Kier molecular flexibility index (Phi) is 11.7. The molecule has 1 fully saturated rings. The molecule has 0 aliphatic carbocycles. The molecule has 0 radical (unpaired) electrons. The Morgan fingerprint density at radius 3 is 2.56 bits per heavy atom. The molecular weight excluding hydrogens is 456 g/mol. The van der Waals surface area contributed by atoms with Crippen molar-refractivity contribution in [1.29, 1.82) is 0 Å². The van der Waals surface area contributed by atoms with Gasteiger partial charge in [-0.25, -0.2) is 0 Å². The molecule has 3 heterocycles. The van der Waals surface area contributed by atoms with Crippen molar-refractivity contribution in [3.05, 3.63) is 35.9 Å². The number of nitrogens with one attached hydrogen (secondary N) is 1. The Labute approximate surface area is 215 Å². The molecule has 9 heteroatoms. The maximum absolute atomic E-state index is 6.00. The highest BCUT2D eigenvalue weighted by atomic mass is 16.5. The molecule has 2 aliphatic heterocycles. The van der Waals surface area contributed by atoms with Gasteiger partial charge < -0.3 is 19.1 Å². The molecule has 0 amide bonds. The number of hydrogen-bond donors (Lipinski definition) is 1. The first-order valence-corrected chi connectivity index (χ1v) is 13.4. The van der Waals surface area contributed by atoms with Gasteiger partial charge >= 0.3 is 6.01 Å². The molecule has 1 saturated heterocycles. The van der Waals surface area contributed by atoms with E-state index in [4.69, 9.17) is 19.2 Å². The normalized spacial score (nSPS) is 16.4. The quantitative estimate of drug-likeness (QED) is 0.455. The van der Waals surface area contributed by atoms with E-state index in [1.807, 2.05) is 44.2 Å². The van der Waals surface area contributed by atoms with Crippen molar-refractivity contribution < 1.29 is 14.2 Å². The summed E-state index contributed by atoms with van der Waals surface area (Å²) in [6, 6.07) is 10.3. The molecule has 9 nitrogen and oxygen atoms in total. The van der Waals surface area contributed by atoms with E-state index in [0.29, 0.717) is 25.0 Å². The molecule has 0 unspecified atom stereocenters. The van der Waals surface area contributed by atoms with Crippen LogP contribution in [-0.4, -0.2) is 79.7 Å². The van der Waals surface area contributed by atoms with Crippen LogP contribution < -0.4 is 19.8 Å². The van der Waals surface area contributed by atoms with Crippen LogP contribution in [0.3, 0.4) is 0 Å². The van der Waals surface area contributed by atoms with Gasteiger partial charge in [0.25, 0.3) is 0 Å². The van der Waals surface area contributed by atoms with Crippen LogP contribution in [-0.2, 0) is 4.74 Å². The van der Waals surface area contributed by atoms with Gasteiger partial charge in [0.15, 0.2) is 5.82 Å². The zero-order valence-electron chi connectivity index (χ0n) is 22.3. The predicted octanol–water partition coefficient (Wildman–Crippen LogP) is 4.44. The summed E-state index contributed by atoms with van der Waals surface area (Å²) >= 11 is 0. The molecule has 0 spiro atoms. The van der Waals surface area contributed by atoms with Crippen molar-refractivity contribution in [2.24, 2.45) is 5.10 Å². The number of benzene rings is 1. The number of hydrogen-bond acceptors (Lipinski definition) is 9. The predicted molar refractivity (Wildman–Crippen MR) is 146 cm³/mol. The zero-order chi connectivity index (χ0) is 25.6. The first-order chi connectivity index (χ1) is 17.8. The zero-order valence-corrected chi connectivity index (χ0v) is 22.3. The number of ether oxygens (including phenoxy) is 3. The number of nitrogens with zero attached hydrogens (tertiary/aromatic N) is 5. The lowest BCUT2D eigenvalue weighted by molar-refractivity contribution is 0.0317. The van der Waals surface area contributed by atoms with Gasteiger partial charge in [-0.2, -0.15) is 15.1 Å². The number of rotatable bonds is 11. The van der Waals surface area contributed by atoms with Crippen molar-refractivity contribution in [3.63, 3.8) is 0 Å². The van der Waals surface area contributed by atoms with Crippen molar-refractivity contribution in [1.82, 2.24) is 14.9 Å². The Morgan fingerprint density at radius 2 is 1.81 bits per heavy atom. The third-order valence-electron chi connectivity index (χ3n) is 5.85. The van der Waals surface area contributed by atoms with Crippen molar-refractivity contribution in [2.45, 2.75) is 47.0 Å². The molecule has 0 atom stereocenters. The lowest BCUT2D eigenvalue weighted by Crippen LogP contribution is -2.38. The third kappa shape index (κ3) is 8.06. The van der Waals surface area contributed by atoms with E-state index in [-0.39, 0.29) is 0 Å². The highest BCUT2D eigenvalue weighted by Gasteiger charge is 2.17. The lowest BCUT2D eigenvalue weighted by Gasteiger charge is -2.26. The van der Waals surface area contributed by atoms with E-state index in [0.717, 1.165) is 88.0 Å². The topological polar surface area (TPSA) is 84.3 Å². The van der Waals surface area contributed by atoms with E-state index < -0.39 is 0 Å². The summed E-state index contributed by atoms with van der Waals surface area (Å²) in [7, 11) is 0. The van der Waals surface area contributed by atoms with Gasteiger partial charge in [-0.15, -0.1) is 0 Å². The summed E-state index contributed by atoms with van der Waals surface area (Å²) < 4.78 is 17.2. The lowest BCUT2D eigenvalue weighted by atomic mass is 10.0. The van der Waals surface area contributed by atoms with E-state index in [1.54, 1.807) is 0 Å². The molecular formula is C27H42N6O3. The van der Waals surface area contributed by atoms with Crippen molar-refractivity contribution >= 4 is 17.3 Å². The number of morpholine rings is 1. The molecule has 0 bridgehead atoms. The number of anilines is 2. The summed E-state index contributed by atoms with van der Waals surface area (Å²) in [4.78, 5) is 13.9. The Balaban J connectivity index is 0.00000176. The van der Waals surface area contributed by atoms with Crippen LogP contribution in [0, 0.1) is 0 Å². The average molecular weight is 499 g/mol. The SMILES string of the molecule is CC.CCCN(CCC)c1cc(N/N=C2\CCOc3ccccc32)nc(OCCN2CCOCC2)n1. The minimum Gasteiger partial charge on any atom is -0.492 e. The second-order valence-corrected chi connectivity index (χ2v) is 8.45. The maximum Gasteiger partial charge on any atom is 0.320 e. The second kappa shape index (κ2) is 15.3. The van der Waals surface area contributed by atoms with Gasteiger partial charge in [0.05, 0.1) is 25.5 Å². The van der Waals surface area contributed by atoms with Gasteiger partial charge in [-0.3, -0.25) is 10.3 Å². The third-order valence-corrected chi connectivity index (χ3v) is 5.85. The van der Waals surface area contributed by atoms with Crippen LogP contribution in [0.5, 0.6) is 11.8 Å². The fraction of sp³-hybridized carbons (Fsp3) is 0.593. The highest BCUT2D eigenvalue weighted by Crippen LogP contribution is 2.25. The van der Waals surface area contributed by atoms with E-state index in [2.05, 4.69) is 39.2 Å². The molecule has 1 aromatic carbocycles. The minimum atomic E-state index is 0.373. The smallest absolute Gasteiger partial charge is 0.320 e. The summed E-state index contributed by atoms with van der Waals surface area (Å²) in [5, 5.41) is 4.68. The van der Waals surface area contributed by atoms with Gasteiger partial charge in [0.1, 0.15) is 18.2 Å². The van der Waals surface area contributed by atoms with Crippen molar-refractivity contribution in [2.75, 3.05) is 69.5 Å². The first-order valence-electron chi connectivity index (χ1n) is 13.4. The first kappa shape index (κ1) is 27.7. The van der Waals surface area contributed by atoms with Crippen LogP contribution in [0.2, 0.25) is 0 Å². The van der Waals surface area contributed by atoms with Gasteiger partial charge in [-0.05, 0) is 25.0 Å². The number of aromatic nitrogens is 2. The maximum atomic E-state index is 6.00. The molecule has 198 valence electrons. The number of para-hydroxylation sites is 1. The fourth-order valence-electron chi connectivity index (χ4n) is 4.13. The summed E-state index contributed by atoms with van der Waals surface area (Å²) in [5.41, 5.74) is 5.13. The van der Waals surface area contributed by atoms with Crippen LogP contribution in [0.1, 0.15) is 52.5 Å². The molecule has 4 rings (SSSR count). The summed E-state index contributed by atoms with van der Waals surface area (Å²) in [6.45, 7) is 15.6. The molecule has 1 aromatic heterocycles. The van der Waals surface area contributed by atoms with Crippen LogP contribution in [0.25, 0.3) is 0 Å². The van der Waals surface area contributed by atoms with Gasteiger partial charge in [0, 0.05) is 50.8 Å². The highest BCUT2D eigenvalue weighted by molar-refractivity contribution is 6.04. The summed E-state index contributed by atoms with van der Waals surface area (Å²) in [5.74, 6) is 2.34. The van der Waals surface area contributed by atoms with Crippen LogP contribution in [0.15, 0.2) is 35.4 Å². The monoisotopic (exact) mass is 498 g/mol. The van der Waals surface area contributed by atoms with Crippen molar-refractivity contribution in [3.8, 4) is 11.8 Å². The fourth-order valence-corrected chi connectivity index (χ4v) is 4.13. The van der Waals surface area contributed by atoms with E-state index in [9.17, 15) is 0 Å². The van der Waals surface area contributed by atoms with Gasteiger partial charge in [-0.1, -0.05) is 39.8 Å². The van der Waals surface area contributed by atoms with E-state index >= 15 is 0 Å². The molecule has 1 N–H and O–H groups in total. The largest absolute Gasteiger partial charge is 0.492 e. The molecule has 2 aromatic rings.